The molecule has 0 radical (unpaired) electrons. The average Bonchev–Trinajstić information content (AvgIpc) is 3.03. The number of hydrazone groups is 1. The molecule has 1 N–H and O–H groups in total. The maximum atomic E-state index is 12.5. The van der Waals surface area contributed by atoms with Gasteiger partial charge < -0.3 is 5.32 Å². The summed E-state index contributed by atoms with van der Waals surface area (Å²) in [5.74, 6) is -0.104. The Bertz CT molecular complexity index is 1060. The van der Waals surface area contributed by atoms with Crippen LogP contribution in [0.4, 0.5) is 17.1 Å². The van der Waals surface area contributed by atoms with Gasteiger partial charge in [-0.3, -0.25) is 9.80 Å². The number of fused-ring (bicyclic) bond motifs is 5. The van der Waals surface area contributed by atoms with Gasteiger partial charge in [-0.2, -0.15) is 5.10 Å². The van der Waals surface area contributed by atoms with E-state index in [-0.39, 0.29) is 17.7 Å². The summed E-state index contributed by atoms with van der Waals surface area (Å²) in [6.07, 6.45) is 0. The van der Waals surface area contributed by atoms with Crippen molar-refractivity contribution in [1.82, 2.24) is 0 Å². The first-order valence-corrected chi connectivity index (χ1v) is 9.12. The molecule has 0 bridgehead atoms. The van der Waals surface area contributed by atoms with Gasteiger partial charge in [-0.25, -0.2) is 0 Å². The quantitative estimate of drug-likeness (QED) is 0.702. The number of carbonyl (C=O) groups is 1. The molecule has 0 saturated heterocycles. The molecule has 3 aromatic rings. The Labute approximate surface area is 158 Å². The lowest BCUT2D eigenvalue weighted by atomic mass is 9.83. The zero-order valence-electron chi connectivity index (χ0n) is 15.0. The molecular weight excluding hydrogens is 334 g/mol. The molecule has 2 heterocycles. The second kappa shape index (κ2) is 6.09. The van der Waals surface area contributed by atoms with Crippen molar-refractivity contribution in [3.8, 4) is 0 Å². The lowest BCUT2D eigenvalue weighted by Crippen LogP contribution is -2.25. The highest BCUT2D eigenvalue weighted by Gasteiger charge is 2.44. The second-order valence-corrected chi connectivity index (χ2v) is 6.94. The Hall–Kier alpha value is -3.40. The topological polar surface area (TPSA) is 44.7 Å². The molecule has 5 rings (SSSR count). The third-order valence-electron chi connectivity index (χ3n) is 5.32. The maximum Gasteiger partial charge on any atom is 0.176 e. The highest BCUT2D eigenvalue weighted by atomic mass is 16.1. The predicted molar refractivity (Wildman–Crippen MR) is 109 cm³/mol. The third kappa shape index (κ3) is 2.45. The molecule has 0 spiro atoms. The van der Waals surface area contributed by atoms with Crippen molar-refractivity contribution in [3.05, 3.63) is 90.0 Å². The van der Waals surface area contributed by atoms with Crippen LogP contribution in [-0.2, 0) is 4.79 Å². The molecule has 132 valence electrons. The summed E-state index contributed by atoms with van der Waals surface area (Å²) >= 11 is 0. The molecule has 0 saturated carbocycles. The number of hydrogen-bond acceptors (Lipinski definition) is 4. The smallest absolute Gasteiger partial charge is 0.176 e. The number of Topliss-reactive ketones (excluding diaryl/α,β-unsaturated/α-hetero) is 1. The summed E-state index contributed by atoms with van der Waals surface area (Å²) in [4.78, 5) is 12.5. The van der Waals surface area contributed by atoms with Crippen LogP contribution >= 0.6 is 0 Å². The number of nitrogens with zero attached hydrogens (tertiary/aromatic N) is 2. The first-order valence-electron chi connectivity index (χ1n) is 9.12. The van der Waals surface area contributed by atoms with Crippen molar-refractivity contribution < 1.29 is 4.79 Å². The molecular formula is C23H19N3O. The summed E-state index contributed by atoms with van der Waals surface area (Å²) in [5.41, 5.74) is 5.92. The molecule has 2 atom stereocenters. The van der Waals surface area contributed by atoms with E-state index >= 15 is 0 Å². The molecule has 0 fully saturated rings. The van der Waals surface area contributed by atoms with Gasteiger partial charge >= 0.3 is 0 Å². The minimum Gasteiger partial charge on any atom is -0.355 e. The Balaban J connectivity index is 1.79. The largest absolute Gasteiger partial charge is 0.355 e. The highest BCUT2D eigenvalue weighted by Crippen LogP contribution is 2.50. The van der Waals surface area contributed by atoms with Gasteiger partial charge in [0.2, 0.25) is 0 Å². The number of hydrogen-bond donors (Lipinski definition) is 1. The van der Waals surface area contributed by atoms with E-state index in [1.165, 1.54) is 0 Å². The second-order valence-electron chi connectivity index (χ2n) is 6.94. The van der Waals surface area contributed by atoms with Crippen LogP contribution < -0.4 is 10.3 Å². The molecule has 2 aliphatic heterocycles. The van der Waals surface area contributed by atoms with Gasteiger partial charge in [-0.15, -0.1) is 0 Å². The summed E-state index contributed by atoms with van der Waals surface area (Å²) in [6.45, 7) is 1.61. The van der Waals surface area contributed by atoms with E-state index in [0.717, 1.165) is 28.2 Å². The first-order chi connectivity index (χ1) is 13.2. The molecule has 4 nitrogen and oxygen atoms in total. The van der Waals surface area contributed by atoms with Crippen LogP contribution in [-0.4, -0.2) is 11.5 Å². The number of para-hydroxylation sites is 3. The van der Waals surface area contributed by atoms with Crippen LogP contribution in [0.25, 0.3) is 0 Å². The molecule has 4 heteroatoms. The van der Waals surface area contributed by atoms with Gasteiger partial charge in [0.1, 0.15) is 5.71 Å². The Morgan fingerprint density at radius 3 is 2.15 bits per heavy atom. The fourth-order valence-electron chi connectivity index (χ4n) is 4.14. The molecule has 0 aliphatic carbocycles. The summed E-state index contributed by atoms with van der Waals surface area (Å²) in [7, 11) is 0. The van der Waals surface area contributed by atoms with Crippen LogP contribution in [0, 0.1) is 0 Å². The zero-order valence-corrected chi connectivity index (χ0v) is 15.0. The van der Waals surface area contributed by atoms with Gasteiger partial charge in [0.25, 0.3) is 0 Å². The van der Waals surface area contributed by atoms with E-state index in [1.807, 2.05) is 59.6 Å². The first kappa shape index (κ1) is 15.8. The SMILES string of the molecule is CC(=O)C1=NN(c2ccccc2)C2c3ccccc3Nc3ccccc3C12. The number of benzene rings is 3. The molecule has 2 aliphatic rings. The van der Waals surface area contributed by atoms with Crippen LogP contribution in [0.2, 0.25) is 0 Å². The van der Waals surface area contributed by atoms with Crippen molar-refractivity contribution in [2.75, 3.05) is 10.3 Å². The van der Waals surface area contributed by atoms with E-state index in [4.69, 9.17) is 5.10 Å². The van der Waals surface area contributed by atoms with Gasteiger partial charge in [0.15, 0.2) is 5.78 Å². The van der Waals surface area contributed by atoms with Crippen molar-refractivity contribution in [2.24, 2.45) is 5.10 Å². The highest BCUT2D eigenvalue weighted by molar-refractivity contribution is 6.42. The minimum atomic E-state index is -0.116. The normalized spacial score (nSPS) is 19.9. The molecule has 3 aromatic carbocycles. The number of ketones is 1. The van der Waals surface area contributed by atoms with E-state index < -0.39 is 0 Å². The van der Waals surface area contributed by atoms with E-state index in [9.17, 15) is 4.79 Å². The van der Waals surface area contributed by atoms with Crippen molar-refractivity contribution in [3.63, 3.8) is 0 Å². The standard InChI is InChI=1S/C23H19N3O/c1-15(27)22-21-17-11-5-7-13-19(17)24-20-14-8-6-12-18(20)23(21)26(25-22)16-9-3-2-4-10-16/h2-14,21,23-24H,1H3. The fraction of sp³-hybridized carbons (Fsp3) is 0.130. The lowest BCUT2D eigenvalue weighted by Gasteiger charge is -2.28. The molecule has 0 amide bonds. The van der Waals surface area contributed by atoms with Crippen molar-refractivity contribution in [2.45, 2.75) is 18.9 Å². The summed E-state index contributed by atoms with van der Waals surface area (Å²) < 4.78 is 0. The third-order valence-corrected chi connectivity index (χ3v) is 5.32. The average molecular weight is 353 g/mol. The molecule has 0 aromatic heterocycles. The number of rotatable bonds is 2. The molecule has 27 heavy (non-hydrogen) atoms. The summed E-state index contributed by atoms with van der Waals surface area (Å²) in [6, 6.07) is 26.5. The van der Waals surface area contributed by atoms with Gasteiger partial charge in [-0.05, 0) is 29.8 Å². The zero-order chi connectivity index (χ0) is 18.4. The van der Waals surface area contributed by atoms with Crippen molar-refractivity contribution in [1.29, 1.82) is 0 Å². The van der Waals surface area contributed by atoms with Crippen molar-refractivity contribution >= 4 is 28.6 Å². The van der Waals surface area contributed by atoms with Gasteiger partial charge in [-0.1, -0.05) is 54.6 Å². The van der Waals surface area contributed by atoms with E-state index in [1.54, 1.807) is 6.92 Å². The van der Waals surface area contributed by atoms with Gasteiger partial charge in [0, 0.05) is 23.9 Å². The predicted octanol–water partition coefficient (Wildman–Crippen LogP) is 5.03. The Morgan fingerprint density at radius 1 is 0.852 bits per heavy atom. The van der Waals surface area contributed by atoms with E-state index in [0.29, 0.717) is 5.71 Å². The van der Waals surface area contributed by atoms with Crippen LogP contribution in [0.3, 0.4) is 0 Å². The molecule has 2 unspecified atom stereocenters. The monoisotopic (exact) mass is 353 g/mol. The number of anilines is 3. The lowest BCUT2D eigenvalue weighted by molar-refractivity contribution is -0.111. The Morgan fingerprint density at radius 2 is 1.44 bits per heavy atom. The summed E-state index contributed by atoms with van der Waals surface area (Å²) in [5, 5.41) is 10.4. The minimum absolute atomic E-state index is 0.0117. The maximum absolute atomic E-state index is 12.5. The fourth-order valence-corrected chi connectivity index (χ4v) is 4.14. The van der Waals surface area contributed by atoms with Crippen LogP contribution in [0.5, 0.6) is 0 Å². The van der Waals surface area contributed by atoms with E-state index in [2.05, 4.69) is 29.6 Å². The van der Waals surface area contributed by atoms with Crippen LogP contribution in [0.15, 0.2) is 84.0 Å². The Kier molecular flexibility index (Phi) is 3.57. The van der Waals surface area contributed by atoms with Crippen LogP contribution in [0.1, 0.15) is 30.0 Å². The van der Waals surface area contributed by atoms with Gasteiger partial charge in [0.05, 0.1) is 17.6 Å². The number of carbonyl (C=O) groups excluding carboxylic acids is 1. The number of nitrogens with one attached hydrogen (secondary N) is 1.